The number of hydrogen-bond donors (Lipinski definition) is 30. The molecule has 0 aliphatic rings. The van der Waals surface area contributed by atoms with Crippen molar-refractivity contribution in [2.24, 2.45) is 52.3 Å². The van der Waals surface area contributed by atoms with Crippen molar-refractivity contribution in [2.45, 2.75) is 288 Å². The number of guanidine groups is 2. The molecule has 726 valence electrons. The van der Waals surface area contributed by atoms with Crippen LogP contribution in [0, 0.1) is 34.5 Å². The highest BCUT2D eigenvalue weighted by atomic mass is 16.4. The van der Waals surface area contributed by atoms with Crippen LogP contribution in [-0.2, 0) is 102 Å². The van der Waals surface area contributed by atoms with Gasteiger partial charge >= 0.3 is 29.8 Å². The Morgan fingerprint density at radius 2 is 0.721 bits per heavy atom. The van der Waals surface area contributed by atoms with Gasteiger partial charge in [-0.05, 0) is 121 Å². The second kappa shape index (κ2) is 59.9. The number of carbonyl (C=O) groups excluding carboxylic acids is 15. The van der Waals surface area contributed by atoms with Crippen molar-refractivity contribution in [3.05, 3.63) is 18.2 Å². The van der Waals surface area contributed by atoms with Crippen LogP contribution in [0.3, 0.4) is 0 Å². The lowest BCUT2D eigenvalue weighted by Crippen LogP contribution is -2.62. The van der Waals surface area contributed by atoms with Crippen LogP contribution in [0.4, 0.5) is 0 Å². The molecular weight excluding hydrogens is 1700 g/mol. The van der Waals surface area contributed by atoms with E-state index in [0.29, 0.717) is 12.8 Å². The van der Waals surface area contributed by atoms with E-state index < -0.39 is 316 Å². The van der Waals surface area contributed by atoms with Gasteiger partial charge in [0, 0.05) is 63.5 Å². The molecule has 0 spiro atoms. The summed E-state index contributed by atoms with van der Waals surface area (Å²) in [6, 6.07) is -24.9. The van der Waals surface area contributed by atoms with Crippen LogP contribution in [0.1, 0.15) is 196 Å². The summed E-state index contributed by atoms with van der Waals surface area (Å²) in [7, 11) is 0. The Hall–Kier alpha value is -13.0. The smallest absolute Gasteiger partial charge is 0.326 e. The number of carboxylic acid groups (broad SMARTS) is 5. The molecule has 0 unspecified atom stereocenters. The van der Waals surface area contributed by atoms with Crippen LogP contribution >= 0.6 is 0 Å². The van der Waals surface area contributed by atoms with Crippen molar-refractivity contribution in [3.8, 4) is 0 Å². The van der Waals surface area contributed by atoms with Gasteiger partial charge in [-0.3, -0.25) is 102 Å². The van der Waals surface area contributed by atoms with E-state index in [4.69, 9.17) is 39.5 Å². The van der Waals surface area contributed by atoms with Gasteiger partial charge in [0.25, 0.3) is 0 Å². The highest BCUT2D eigenvalue weighted by Crippen LogP contribution is 2.17. The summed E-state index contributed by atoms with van der Waals surface area (Å²) in [5, 5.41) is 113. The first kappa shape index (κ1) is 114. The molecule has 1 heterocycles. The molecule has 0 bridgehead atoms. The molecule has 51 heteroatoms. The second-order valence-corrected chi connectivity index (χ2v) is 31.8. The van der Waals surface area contributed by atoms with E-state index in [-0.39, 0.29) is 82.6 Å². The summed E-state index contributed by atoms with van der Waals surface area (Å²) in [5.41, 5.74) is 28.3. The Kier molecular flexibility index (Phi) is 52.9. The zero-order valence-electron chi connectivity index (χ0n) is 74.0. The summed E-state index contributed by atoms with van der Waals surface area (Å²) in [6.45, 7) is 12.9. The van der Waals surface area contributed by atoms with E-state index in [1.165, 1.54) is 33.3 Å². The lowest BCUT2D eigenvalue weighted by molar-refractivity contribution is -0.143. The number of aliphatic hydroxyl groups is 1. The number of hydrogen-bond acceptors (Lipinski definition) is 26. The number of imidazole rings is 1. The Labute approximate surface area is 744 Å². The molecule has 1 rings (SSSR count). The number of H-pyrrole nitrogens is 1. The number of unbranched alkanes of at least 4 members (excludes halogenated alkanes) is 1. The molecular formula is C78H133N25O26. The van der Waals surface area contributed by atoms with Crippen molar-refractivity contribution in [2.75, 3.05) is 26.2 Å². The van der Waals surface area contributed by atoms with E-state index in [9.17, 15) is 127 Å². The van der Waals surface area contributed by atoms with Crippen LogP contribution in [0.15, 0.2) is 12.5 Å². The van der Waals surface area contributed by atoms with Gasteiger partial charge in [0.05, 0.1) is 19.0 Å². The topological polar surface area (TPSA) is 862 Å². The standard InChI is InChI=1S/C78H133N25O26/c1-10-39(7)59(81)73(125)103-61(40(8)11-2)75(127)90-41(9)62(114)91-46(20-25-55(106)107)65(117)92-43(16-12-13-29-79)63(115)95-48(22-27-57(110)111)67(119)96-47(21-26-56(108)109)66(118)93-45(18-15-31-88-78(84)85)69(121)102-60(38(5)6)74(126)101-53(35-104)72(124)97-49(23-28-58(112)113)68(120)99-51(32-37(3)4)70(122)94-44(17-14-30-87-77(82)83)64(116)100-52(33-42-34-86-36-89-42)71(123)98-50(76(128)129)19-24-54(80)105/h34,36-41,43-53,59-61,104H,10-33,35,79,81H2,1-9H3,(H2,80,105)(H,86,89)(H,90,127)(H,91,114)(H,92,117)(H,93,118)(H,94,122)(H,95,115)(H,96,119)(H,97,124)(H,98,123)(H,99,120)(H,100,116)(H,101,126)(H,102,121)(H,103,125)(H,106,107)(H,108,109)(H,110,111)(H,112,113)(H,128,129)(H4,82,83,87)(H4,84,85,88)/t39-,40-,41-,43-,44-,45-,46-,47-,48-,49-,50-,51-,52-,53-,59-,60-,61-/m0/s1. The molecule has 0 aliphatic heterocycles. The number of carbonyl (C=O) groups is 20. The van der Waals surface area contributed by atoms with Crippen molar-refractivity contribution in [3.63, 3.8) is 0 Å². The lowest BCUT2D eigenvalue weighted by atomic mass is 9.95. The number of nitrogens with zero attached hydrogens (tertiary/aromatic N) is 1. The highest BCUT2D eigenvalue weighted by molar-refractivity contribution is 6.01. The third-order valence-corrected chi connectivity index (χ3v) is 20.3. The largest absolute Gasteiger partial charge is 0.481 e. The lowest BCUT2D eigenvalue weighted by Gasteiger charge is -2.29. The van der Waals surface area contributed by atoms with E-state index in [1.807, 2.05) is 6.92 Å². The first-order valence-electron chi connectivity index (χ1n) is 42.3. The molecule has 17 atom stereocenters. The van der Waals surface area contributed by atoms with Crippen molar-refractivity contribution < 1.29 is 127 Å². The molecule has 0 aromatic carbocycles. The number of aliphatic carboxylic acids is 5. The maximum absolute atomic E-state index is 14.6. The van der Waals surface area contributed by atoms with Gasteiger partial charge < -0.3 is 149 Å². The zero-order chi connectivity index (χ0) is 98.1. The number of nitrogens with one attached hydrogen (secondary N) is 19. The van der Waals surface area contributed by atoms with E-state index in [0.717, 1.165) is 0 Å². The van der Waals surface area contributed by atoms with E-state index in [1.54, 1.807) is 34.6 Å². The number of primary amides is 1. The maximum Gasteiger partial charge on any atom is 0.326 e. The van der Waals surface area contributed by atoms with Crippen LogP contribution in [-0.4, -0.2) is 288 Å². The molecule has 0 aliphatic carbocycles. The second-order valence-electron chi connectivity index (χ2n) is 31.8. The fourth-order valence-electron chi connectivity index (χ4n) is 12.4. The van der Waals surface area contributed by atoms with Crippen LogP contribution in [0.2, 0.25) is 0 Å². The number of aromatic amines is 1. The summed E-state index contributed by atoms with van der Waals surface area (Å²) in [4.78, 5) is 277. The fraction of sp³-hybridized carbons (Fsp3) is 0.679. The number of rotatable bonds is 66. The molecule has 0 fully saturated rings. The maximum atomic E-state index is 14.6. The number of aromatic nitrogens is 2. The Morgan fingerprint density at radius 1 is 0.388 bits per heavy atom. The molecule has 35 N–H and O–H groups in total. The summed E-state index contributed by atoms with van der Waals surface area (Å²) < 4.78 is 0. The predicted molar refractivity (Wildman–Crippen MR) is 458 cm³/mol. The van der Waals surface area contributed by atoms with Crippen LogP contribution in [0.25, 0.3) is 0 Å². The molecule has 129 heavy (non-hydrogen) atoms. The zero-order valence-corrected chi connectivity index (χ0v) is 74.0. The average molecular weight is 1840 g/mol. The number of amides is 15. The van der Waals surface area contributed by atoms with Crippen molar-refractivity contribution in [1.82, 2.24) is 95.0 Å². The molecule has 0 saturated heterocycles. The monoisotopic (exact) mass is 1840 g/mol. The first-order valence-corrected chi connectivity index (χ1v) is 42.3. The van der Waals surface area contributed by atoms with Crippen LogP contribution < -0.4 is 114 Å². The SMILES string of the molecule is CC[C@H](C)[C@H](N)C(=O)N[C@H](C(=O)N[C@@H](C)C(=O)N[C@@H](CCC(=O)O)C(=O)N[C@@H](CCCCN)C(=O)N[C@@H](CCC(=O)O)C(=O)N[C@@H](CCC(=O)O)C(=O)N[C@@H](CCCNC(=N)N)C(=O)N[C@H](C(=O)N[C@@H](CO)C(=O)N[C@@H](CCC(=O)O)C(=O)N[C@@H](CC(C)C)C(=O)N[C@@H](CCCNC(=N)N)C(=O)N[C@@H](Cc1cnc[nH]1)C(=O)N[C@@H](CCC(N)=O)C(=O)O)C(C)C)[C@@H](C)CC. The van der Waals surface area contributed by atoms with Crippen molar-refractivity contribution >= 4 is 130 Å². The van der Waals surface area contributed by atoms with Gasteiger partial charge in [-0.1, -0.05) is 68.2 Å². The number of carboxylic acids is 5. The minimum Gasteiger partial charge on any atom is -0.481 e. The van der Waals surface area contributed by atoms with Gasteiger partial charge in [0.1, 0.15) is 84.6 Å². The molecule has 0 radical (unpaired) electrons. The highest BCUT2D eigenvalue weighted by Gasteiger charge is 2.40. The van der Waals surface area contributed by atoms with Gasteiger partial charge in [-0.15, -0.1) is 0 Å². The quantitative estimate of drug-likeness (QED) is 0.0164. The minimum absolute atomic E-state index is 0.00286. The Balaban J connectivity index is 3.80. The summed E-state index contributed by atoms with van der Waals surface area (Å²) >= 11 is 0. The fourth-order valence-corrected chi connectivity index (χ4v) is 12.4. The molecule has 0 saturated carbocycles. The third-order valence-electron chi connectivity index (χ3n) is 20.3. The number of aliphatic hydroxyl groups excluding tert-OH is 1. The molecule has 1 aromatic rings. The number of nitrogens with two attached hydrogens (primary N) is 5. The molecule has 51 nitrogen and oxygen atoms in total. The third kappa shape index (κ3) is 45.3. The van der Waals surface area contributed by atoms with Gasteiger partial charge in [0.2, 0.25) is 88.6 Å². The summed E-state index contributed by atoms with van der Waals surface area (Å²) in [5.74, 6) is -27.2. The normalized spacial score (nSPS) is 15.1. The Morgan fingerprint density at radius 3 is 1.08 bits per heavy atom. The average Bonchev–Trinajstić information content (AvgIpc) is 1.45. The Bertz CT molecular complexity index is 3970. The van der Waals surface area contributed by atoms with Crippen molar-refractivity contribution in [1.29, 1.82) is 10.8 Å². The van der Waals surface area contributed by atoms with E-state index in [2.05, 4.69) is 95.0 Å². The molecule has 1 aromatic heterocycles. The van der Waals surface area contributed by atoms with Crippen LogP contribution in [0.5, 0.6) is 0 Å². The van der Waals surface area contributed by atoms with Gasteiger partial charge in [-0.25, -0.2) is 9.78 Å². The van der Waals surface area contributed by atoms with E-state index >= 15 is 0 Å². The summed E-state index contributed by atoms with van der Waals surface area (Å²) in [6.07, 6.45) is -4.92. The van der Waals surface area contributed by atoms with Gasteiger partial charge in [0.15, 0.2) is 11.9 Å². The predicted octanol–water partition coefficient (Wildman–Crippen LogP) is -7.66. The molecule has 15 amide bonds. The first-order chi connectivity index (χ1) is 60.5. The van der Waals surface area contributed by atoms with Gasteiger partial charge in [-0.2, -0.15) is 0 Å². The minimum atomic E-state index is -2.04.